The van der Waals surface area contributed by atoms with Gasteiger partial charge in [0.25, 0.3) is 0 Å². The number of aromatic nitrogens is 3. The Morgan fingerprint density at radius 2 is 2.16 bits per heavy atom. The molecule has 0 aliphatic carbocycles. The molecule has 8 heteroatoms. The fourth-order valence-corrected chi connectivity index (χ4v) is 3.53. The molecule has 2 aromatic heterocycles. The third kappa shape index (κ3) is 3.83. The number of hydrogen-bond donors (Lipinski definition) is 2. The van der Waals surface area contributed by atoms with Crippen molar-refractivity contribution >= 4 is 34.0 Å². The largest absolute Gasteiger partial charge is 0.465 e. The van der Waals surface area contributed by atoms with Crippen LogP contribution in [0, 0.1) is 0 Å². The van der Waals surface area contributed by atoms with Crippen molar-refractivity contribution in [3.05, 3.63) is 52.4 Å². The van der Waals surface area contributed by atoms with Gasteiger partial charge in [0.05, 0.1) is 25.0 Å². The maximum absolute atomic E-state index is 11.7. The number of H-pyrrole nitrogens is 1. The van der Waals surface area contributed by atoms with Crippen LogP contribution in [0.5, 0.6) is 0 Å². The lowest BCUT2D eigenvalue weighted by Gasteiger charge is -2.13. The predicted octanol–water partition coefficient (Wildman–Crippen LogP) is 4.54. The van der Waals surface area contributed by atoms with Gasteiger partial charge < -0.3 is 15.0 Å². The fraction of sp³-hybridized carbons (Fsp3) is 0.235. The Labute approximate surface area is 154 Å². The summed E-state index contributed by atoms with van der Waals surface area (Å²) in [6.07, 6.45) is 2.59. The SMILES string of the molecule is CC[C@H](Nc1nc(Cl)c(C(=O)OC)s1)c1ncc(-c2ccccc2)[nH]1. The zero-order chi connectivity index (χ0) is 17.8. The van der Waals surface area contributed by atoms with Crippen molar-refractivity contribution < 1.29 is 9.53 Å². The molecule has 0 saturated heterocycles. The van der Waals surface area contributed by atoms with Gasteiger partial charge in [0.2, 0.25) is 0 Å². The first-order valence-corrected chi connectivity index (χ1v) is 8.93. The summed E-state index contributed by atoms with van der Waals surface area (Å²) >= 11 is 7.17. The number of hydrogen-bond acceptors (Lipinski definition) is 6. The molecule has 0 radical (unpaired) electrons. The molecular weight excluding hydrogens is 360 g/mol. The molecule has 3 aromatic rings. The van der Waals surface area contributed by atoms with Crippen molar-refractivity contribution in [2.45, 2.75) is 19.4 Å². The zero-order valence-corrected chi connectivity index (χ0v) is 15.3. The van der Waals surface area contributed by atoms with Crippen LogP contribution in [0.1, 0.15) is 34.9 Å². The number of aromatic amines is 1. The third-order valence-corrected chi connectivity index (χ3v) is 5.03. The first kappa shape index (κ1) is 17.4. The van der Waals surface area contributed by atoms with E-state index in [-0.39, 0.29) is 16.1 Å². The molecule has 2 N–H and O–H groups in total. The molecule has 1 aromatic carbocycles. The summed E-state index contributed by atoms with van der Waals surface area (Å²) in [5.41, 5.74) is 2.02. The molecular formula is C17H17ClN4O2S. The number of halogens is 1. The summed E-state index contributed by atoms with van der Waals surface area (Å²) in [6.45, 7) is 2.04. The number of rotatable bonds is 6. The lowest BCUT2D eigenvalue weighted by atomic mass is 10.2. The minimum Gasteiger partial charge on any atom is -0.465 e. The summed E-state index contributed by atoms with van der Waals surface area (Å²) in [4.78, 5) is 23.9. The summed E-state index contributed by atoms with van der Waals surface area (Å²) in [7, 11) is 1.31. The number of nitrogens with zero attached hydrogens (tertiary/aromatic N) is 2. The van der Waals surface area contributed by atoms with Crippen LogP contribution in [0.15, 0.2) is 36.5 Å². The van der Waals surface area contributed by atoms with E-state index in [2.05, 4.69) is 20.3 Å². The number of nitrogens with one attached hydrogen (secondary N) is 2. The Kier molecular flexibility index (Phi) is 5.35. The topological polar surface area (TPSA) is 79.9 Å². The van der Waals surface area contributed by atoms with Crippen LogP contribution >= 0.6 is 22.9 Å². The molecule has 0 amide bonds. The number of benzene rings is 1. The van der Waals surface area contributed by atoms with Crippen LogP contribution < -0.4 is 5.32 Å². The van der Waals surface area contributed by atoms with Gasteiger partial charge in [-0.05, 0) is 12.0 Å². The van der Waals surface area contributed by atoms with E-state index in [1.54, 1.807) is 0 Å². The van der Waals surface area contributed by atoms with Crippen LogP contribution in [-0.4, -0.2) is 28.0 Å². The maximum Gasteiger partial charge on any atom is 0.351 e. The molecule has 6 nitrogen and oxygen atoms in total. The first-order chi connectivity index (χ1) is 12.1. The Morgan fingerprint density at radius 1 is 1.40 bits per heavy atom. The summed E-state index contributed by atoms with van der Waals surface area (Å²) < 4.78 is 4.70. The van der Waals surface area contributed by atoms with Gasteiger partial charge in [-0.15, -0.1) is 0 Å². The fourth-order valence-electron chi connectivity index (χ4n) is 2.37. The predicted molar refractivity (Wildman–Crippen MR) is 99.1 cm³/mol. The number of thiazole rings is 1. The van der Waals surface area contributed by atoms with E-state index in [1.165, 1.54) is 7.11 Å². The Hall–Kier alpha value is -2.38. The Balaban J connectivity index is 1.80. The average molecular weight is 377 g/mol. The highest BCUT2D eigenvalue weighted by atomic mass is 35.5. The molecule has 0 aliphatic heterocycles. The van der Waals surface area contributed by atoms with E-state index in [0.717, 1.165) is 34.8 Å². The van der Waals surface area contributed by atoms with Gasteiger partial charge in [-0.1, -0.05) is 60.2 Å². The average Bonchev–Trinajstić information content (AvgIpc) is 3.26. The van der Waals surface area contributed by atoms with Gasteiger partial charge in [0, 0.05) is 0 Å². The summed E-state index contributed by atoms with van der Waals surface area (Å²) in [5.74, 6) is 0.306. The highest BCUT2D eigenvalue weighted by Gasteiger charge is 2.20. The summed E-state index contributed by atoms with van der Waals surface area (Å²) in [5, 5.41) is 3.96. The highest BCUT2D eigenvalue weighted by molar-refractivity contribution is 7.18. The zero-order valence-electron chi connectivity index (χ0n) is 13.7. The van der Waals surface area contributed by atoms with E-state index in [0.29, 0.717) is 5.13 Å². The molecule has 1 atom stereocenters. The number of carbonyl (C=O) groups excluding carboxylic acids is 1. The van der Waals surface area contributed by atoms with E-state index >= 15 is 0 Å². The first-order valence-electron chi connectivity index (χ1n) is 7.73. The van der Waals surface area contributed by atoms with Crippen LogP contribution in [-0.2, 0) is 4.74 Å². The van der Waals surface area contributed by atoms with Gasteiger partial charge in [-0.25, -0.2) is 14.8 Å². The molecule has 0 saturated carbocycles. The lowest BCUT2D eigenvalue weighted by molar-refractivity contribution is 0.0606. The third-order valence-electron chi connectivity index (χ3n) is 3.67. The van der Waals surface area contributed by atoms with Crippen molar-refractivity contribution in [1.82, 2.24) is 15.0 Å². The van der Waals surface area contributed by atoms with E-state index in [1.807, 2.05) is 43.5 Å². The normalized spacial score (nSPS) is 12.0. The van der Waals surface area contributed by atoms with Crippen molar-refractivity contribution in [1.29, 1.82) is 0 Å². The highest BCUT2D eigenvalue weighted by Crippen LogP contribution is 2.31. The van der Waals surface area contributed by atoms with Crippen molar-refractivity contribution in [3.63, 3.8) is 0 Å². The van der Waals surface area contributed by atoms with Crippen molar-refractivity contribution in [2.24, 2.45) is 0 Å². The second-order valence-electron chi connectivity index (χ2n) is 5.28. The number of esters is 1. The van der Waals surface area contributed by atoms with Gasteiger partial charge in [-0.3, -0.25) is 0 Å². The van der Waals surface area contributed by atoms with Crippen LogP contribution in [0.25, 0.3) is 11.3 Å². The quantitative estimate of drug-likeness (QED) is 0.617. The molecule has 3 rings (SSSR count). The van der Waals surface area contributed by atoms with Crippen molar-refractivity contribution in [3.8, 4) is 11.3 Å². The van der Waals surface area contributed by atoms with Crippen LogP contribution in [0.4, 0.5) is 5.13 Å². The van der Waals surface area contributed by atoms with E-state index in [4.69, 9.17) is 16.3 Å². The number of anilines is 1. The smallest absolute Gasteiger partial charge is 0.351 e. The van der Waals surface area contributed by atoms with E-state index in [9.17, 15) is 4.79 Å². The van der Waals surface area contributed by atoms with Gasteiger partial charge in [0.1, 0.15) is 5.82 Å². The van der Waals surface area contributed by atoms with Crippen molar-refractivity contribution in [2.75, 3.05) is 12.4 Å². The molecule has 0 unspecified atom stereocenters. The lowest BCUT2D eigenvalue weighted by Crippen LogP contribution is -2.11. The minimum atomic E-state index is -0.493. The maximum atomic E-state index is 11.7. The number of methoxy groups -OCH3 is 1. The Morgan fingerprint density at radius 3 is 2.84 bits per heavy atom. The molecule has 0 spiro atoms. The molecule has 25 heavy (non-hydrogen) atoms. The Bertz CT molecular complexity index is 863. The van der Waals surface area contributed by atoms with Gasteiger partial charge in [-0.2, -0.15) is 0 Å². The van der Waals surface area contributed by atoms with Gasteiger partial charge >= 0.3 is 5.97 Å². The molecule has 0 fully saturated rings. The second kappa shape index (κ2) is 7.67. The monoisotopic (exact) mass is 376 g/mol. The standard InChI is InChI=1S/C17H17ClN4O2S/c1-3-11(21-17-22-14(18)13(25-17)16(23)24-2)15-19-9-12(20-15)10-7-5-4-6-8-10/h4-9,11H,3H2,1-2H3,(H,19,20)(H,21,22)/t11-/m0/s1. The molecule has 0 aliphatic rings. The molecule has 130 valence electrons. The second-order valence-corrected chi connectivity index (χ2v) is 6.64. The minimum absolute atomic E-state index is 0.0785. The van der Waals surface area contributed by atoms with E-state index < -0.39 is 5.97 Å². The molecule has 0 bridgehead atoms. The van der Waals surface area contributed by atoms with Crippen LogP contribution in [0.2, 0.25) is 5.15 Å². The number of carbonyl (C=O) groups is 1. The number of imidazole rings is 1. The van der Waals surface area contributed by atoms with Crippen LogP contribution in [0.3, 0.4) is 0 Å². The summed E-state index contributed by atoms with van der Waals surface area (Å²) in [6, 6.07) is 9.91. The van der Waals surface area contributed by atoms with Gasteiger partial charge in [0.15, 0.2) is 15.2 Å². The molecule has 2 heterocycles. The number of ether oxygens (including phenoxy) is 1.